The van der Waals surface area contributed by atoms with E-state index in [0.717, 1.165) is 0 Å². The highest BCUT2D eigenvalue weighted by molar-refractivity contribution is 6.00. The first-order valence-electron chi connectivity index (χ1n) is 5.94. The highest BCUT2D eigenvalue weighted by Gasteiger charge is 2.17. The first-order chi connectivity index (χ1) is 8.35. The first kappa shape index (κ1) is 10.4. The summed E-state index contributed by atoms with van der Waals surface area (Å²) < 4.78 is 0. The van der Waals surface area contributed by atoms with Crippen LogP contribution >= 0.6 is 0 Å². The largest absolute Gasteiger partial charge is 0.388 e. The van der Waals surface area contributed by atoms with Crippen LogP contribution in [0, 0.1) is 0 Å². The molecule has 2 aromatic carbocycles. The molecule has 0 aromatic heterocycles. The molecule has 1 aliphatic carbocycles. The molecule has 0 amide bonds. The Hall–Kier alpha value is -1.80. The minimum absolute atomic E-state index is 0.318. The van der Waals surface area contributed by atoms with Crippen molar-refractivity contribution in [1.29, 1.82) is 0 Å². The van der Waals surface area contributed by atoms with Crippen LogP contribution in [-0.4, -0.2) is 14.1 Å². The Balaban J connectivity index is 2.39. The molecular formula is C15H16N2. The van der Waals surface area contributed by atoms with Gasteiger partial charge < -0.3 is 10.6 Å². The number of hydrogen-bond donors (Lipinski definition) is 2. The van der Waals surface area contributed by atoms with Crippen LogP contribution < -0.4 is 10.6 Å². The molecule has 0 saturated heterocycles. The topological polar surface area (TPSA) is 24.1 Å². The third kappa shape index (κ3) is 1.45. The van der Waals surface area contributed by atoms with Crippen molar-refractivity contribution < 1.29 is 0 Å². The van der Waals surface area contributed by atoms with Crippen molar-refractivity contribution in [3.05, 3.63) is 47.5 Å². The van der Waals surface area contributed by atoms with E-state index in [9.17, 15) is 0 Å². The molecule has 1 aliphatic rings. The van der Waals surface area contributed by atoms with Crippen molar-refractivity contribution in [2.75, 3.05) is 19.4 Å². The molecule has 86 valence electrons. The molecule has 0 heterocycles. The summed E-state index contributed by atoms with van der Waals surface area (Å²) in [5.74, 6) is 0. The Labute approximate surface area is 101 Å². The third-order valence-corrected chi connectivity index (χ3v) is 3.49. The van der Waals surface area contributed by atoms with Crippen molar-refractivity contribution in [2.45, 2.75) is 6.04 Å². The van der Waals surface area contributed by atoms with Crippen molar-refractivity contribution >= 4 is 22.5 Å². The Morgan fingerprint density at radius 3 is 2.71 bits per heavy atom. The summed E-state index contributed by atoms with van der Waals surface area (Å²) in [6, 6.07) is 11.2. The lowest BCUT2D eigenvalue weighted by molar-refractivity contribution is 0.720. The first-order valence-corrected chi connectivity index (χ1v) is 5.94. The summed E-state index contributed by atoms with van der Waals surface area (Å²) in [5.41, 5.74) is 3.85. The van der Waals surface area contributed by atoms with E-state index in [-0.39, 0.29) is 0 Å². The van der Waals surface area contributed by atoms with Gasteiger partial charge in [-0.3, -0.25) is 0 Å². The van der Waals surface area contributed by atoms with Crippen LogP contribution in [0.15, 0.2) is 36.4 Å². The normalized spacial score (nSPS) is 17.4. The average Bonchev–Trinajstić information content (AvgIpc) is 2.40. The Morgan fingerprint density at radius 2 is 1.94 bits per heavy atom. The van der Waals surface area contributed by atoms with E-state index in [2.05, 4.69) is 53.1 Å². The number of hydrogen-bond acceptors (Lipinski definition) is 2. The molecule has 2 nitrogen and oxygen atoms in total. The molecule has 2 aromatic rings. The van der Waals surface area contributed by atoms with Gasteiger partial charge in [-0.2, -0.15) is 0 Å². The monoisotopic (exact) mass is 224 g/mol. The van der Waals surface area contributed by atoms with Gasteiger partial charge in [-0.15, -0.1) is 0 Å². The van der Waals surface area contributed by atoms with E-state index < -0.39 is 0 Å². The standard InChI is InChI=1S/C15H16N2/c1-16-13-8-6-10-4-3-5-11-14(17-2)9-7-12(13)15(10)11/h3-9,14,16-17H,1-2H3. The van der Waals surface area contributed by atoms with E-state index in [1.165, 1.54) is 27.6 Å². The molecule has 1 atom stereocenters. The number of rotatable bonds is 2. The van der Waals surface area contributed by atoms with Gasteiger partial charge in [0.1, 0.15) is 0 Å². The lowest BCUT2D eigenvalue weighted by Crippen LogP contribution is -2.16. The van der Waals surface area contributed by atoms with Gasteiger partial charge in [0.15, 0.2) is 0 Å². The number of likely N-dealkylation sites (N-methyl/N-ethyl adjacent to an activating group) is 1. The molecule has 2 heteroatoms. The van der Waals surface area contributed by atoms with Gasteiger partial charge in [-0.05, 0) is 29.4 Å². The summed E-state index contributed by atoms with van der Waals surface area (Å²) in [6.07, 6.45) is 4.43. The van der Waals surface area contributed by atoms with E-state index in [0.29, 0.717) is 6.04 Å². The van der Waals surface area contributed by atoms with Crippen molar-refractivity contribution in [1.82, 2.24) is 5.32 Å². The van der Waals surface area contributed by atoms with Gasteiger partial charge in [-0.25, -0.2) is 0 Å². The highest BCUT2D eigenvalue weighted by atomic mass is 14.9. The second kappa shape index (κ2) is 3.90. The minimum Gasteiger partial charge on any atom is -0.388 e. The van der Waals surface area contributed by atoms with E-state index in [1.807, 2.05) is 14.1 Å². The Morgan fingerprint density at radius 1 is 1.06 bits per heavy atom. The maximum atomic E-state index is 3.34. The zero-order chi connectivity index (χ0) is 11.8. The zero-order valence-corrected chi connectivity index (χ0v) is 10.1. The molecule has 17 heavy (non-hydrogen) atoms. The van der Waals surface area contributed by atoms with Crippen LogP contribution in [0.3, 0.4) is 0 Å². The van der Waals surface area contributed by atoms with Crippen molar-refractivity contribution in [3.8, 4) is 0 Å². The van der Waals surface area contributed by atoms with E-state index >= 15 is 0 Å². The van der Waals surface area contributed by atoms with Gasteiger partial charge in [-0.1, -0.05) is 36.4 Å². The highest BCUT2D eigenvalue weighted by Crippen LogP contribution is 2.36. The minimum atomic E-state index is 0.318. The maximum Gasteiger partial charge on any atom is 0.0513 e. The summed E-state index contributed by atoms with van der Waals surface area (Å²) in [5, 5.41) is 9.26. The number of nitrogens with one attached hydrogen (secondary N) is 2. The van der Waals surface area contributed by atoms with Crippen LogP contribution in [0.4, 0.5) is 5.69 Å². The molecule has 0 aliphatic heterocycles. The third-order valence-electron chi connectivity index (χ3n) is 3.49. The van der Waals surface area contributed by atoms with Crippen LogP contribution in [0.1, 0.15) is 17.2 Å². The van der Waals surface area contributed by atoms with Crippen molar-refractivity contribution in [2.24, 2.45) is 0 Å². The average molecular weight is 224 g/mol. The number of anilines is 1. The summed E-state index contributed by atoms with van der Waals surface area (Å²) in [7, 11) is 3.97. The predicted octanol–water partition coefficient (Wildman–Crippen LogP) is 3.17. The second-order valence-electron chi connectivity index (χ2n) is 4.35. The van der Waals surface area contributed by atoms with E-state index in [4.69, 9.17) is 0 Å². The zero-order valence-electron chi connectivity index (χ0n) is 10.1. The maximum absolute atomic E-state index is 3.34. The SMILES string of the molecule is CNc1ccc2cccc3c2c1C=CC3NC. The van der Waals surface area contributed by atoms with Gasteiger partial charge in [0.05, 0.1) is 6.04 Å². The van der Waals surface area contributed by atoms with Crippen LogP contribution in [0.5, 0.6) is 0 Å². The smallest absolute Gasteiger partial charge is 0.0513 e. The molecule has 0 radical (unpaired) electrons. The lowest BCUT2D eigenvalue weighted by atomic mass is 9.89. The van der Waals surface area contributed by atoms with Gasteiger partial charge >= 0.3 is 0 Å². The fraction of sp³-hybridized carbons (Fsp3) is 0.200. The van der Waals surface area contributed by atoms with Gasteiger partial charge in [0.25, 0.3) is 0 Å². The summed E-state index contributed by atoms with van der Waals surface area (Å²) >= 11 is 0. The molecule has 1 unspecified atom stereocenters. The van der Waals surface area contributed by atoms with Crippen molar-refractivity contribution in [3.63, 3.8) is 0 Å². The van der Waals surface area contributed by atoms with Gasteiger partial charge in [0.2, 0.25) is 0 Å². The quantitative estimate of drug-likeness (QED) is 0.818. The second-order valence-corrected chi connectivity index (χ2v) is 4.35. The summed E-state index contributed by atoms with van der Waals surface area (Å²) in [6.45, 7) is 0. The molecule has 2 N–H and O–H groups in total. The molecule has 0 spiro atoms. The Kier molecular flexibility index (Phi) is 2.37. The lowest BCUT2D eigenvalue weighted by Gasteiger charge is -2.22. The van der Waals surface area contributed by atoms with Crippen LogP contribution in [-0.2, 0) is 0 Å². The number of benzene rings is 2. The predicted molar refractivity (Wildman–Crippen MR) is 74.3 cm³/mol. The molecular weight excluding hydrogens is 208 g/mol. The fourth-order valence-electron chi connectivity index (χ4n) is 2.63. The molecule has 3 rings (SSSR count). The Bertz CT molecular complexity index is 599. The molecule has 0 fully saturated rings. The summed E-state index contributed by atoms with van der Waals surface area (Å²) in [4.78, 5) is 0. The molecule has 0 saturated carbocycles. The molecule has 0 bridgehead atoms. The van der Waals surface area contributed by atoms with Crippen LogP contribution in [0.2, 0.25) is 0 Å². The fourth-order valence-corrected chi connectivity index (χ4v) is 2.63. The van der Waals surface area contributed by atoms with E-state index in [1.54, 1.807) is 0 Å². The van der Waals surface area contributed by atoms with Gasteiger partial charge in [0, 0.05) is 18.3 Å². The van der Waals surface area contributed by atoms with Crippen LogP contribution in [0.25, 0.3) is 16.8 Å².